The van der Waals surface area contributed by atoms with E-state index in [1.807, 2.05) is 44.2 Å². The highest BCUT2D eigenvalue weighted by Gasteiger charge is 2.30. The van der Waals surface area contributed by atoms with Crippen molar-refractivity contribution in [3.63, 3.8) is 0 Å². The molecule has 0 aromatic heterocycles. The Morgan fingerprint density at radius 2 is 1.74 bits per heavy atom. The van der Waals surface area contributed by atoms with E-state index < -0.39 is 28.5 Å². The average molecular weight is 504 g/mol. The third-order valence-corrected chi connectivity index (χ3v) is 7.12. The van der Waals surface area contributed by atoms with Gasteiger partial charge in [0.2, 0.25) is 28.6 Å². The van der Waals surface area contributed by atoms with Crippen LogP contribution in [0.4, 0.5) is 5.69 Å². The number of ether oxygens (including phenoxy) is 2. The summed E-state index contributed by atoms with van der Waals surface area (Å²) in [6.45, 7) is 5.37. The molecule has 0 fully saturated rings. The number of amides is 2. The van der Waals surface area contributed by atoms with Crippen molar-refractivity contribution in [1.29, 1.82) is 0 Å². The molecule has 1 N–H and O–H groups in total. The zero-order chi connectivity index (χ0) is 25.6. The lowest BCUT2D eigenvalue weighted by Gasteiger charge is -2.32. The molecule has 9 nitrogen and oxygen atoms in total. The molecule has 0 unspecified atom stereocenters. The lowest BCUT2D eigenvalue weighted by atomic mass is 10.1. The zero-order valence-corrected chi connectivity index (χ0v) is 21.4. The van der Waals surface area contributed by atoms with Crippen LogP contribution in [0.15, 0.2) is 48.5 Å². The Morgan fingerprint density at radius 3 is 2.40 bits per heavy atom. The minimum atomic E-state index is -3.81. The van der Waals surface area contributed by atoms with E-state index >= 15 is 0 Å². The molecule has 2 aromatic rings. The smallest absolute Gasteiger partial charge is 0.244 e. The molecule has 0 saturated heterocycles. The number of nitrogens with one attached hydrogen (secondary N) is 1. The van der Waals surface area contributed by atoms with Crippen LogP contribution < -0.4 is 19.1 Å². The fourth-order valence-electron chi connectivity index (χ4n) is 3.69. The van der Waals surface area contributed by atoms with Crippen LogP contribution in [0.25, 0.3) is 0 Å². The van der Waals surface area contributed by atoms with Crippen LogP contribution >= 0.6 is 0 Å². The molecular formula is C25H33N3O6S. The number of carbonyl (C=O) groups excluding carboxylic acids is 2. The summed E-state index contributed by atoms with van der Waals surface area (Å²) < 4.78 is 37.0. The van der Waals surface area contributed by atoms with Gasteiger partial charge in [0.25, 0.3) is 0 Å². The first-order valence-corrected chi connectivity index (χ1v) is 13.5. The number of carbonyl (C=O) groups is 2. The molecule has 0 aliphatic carbocycles. The maximum Gasteiger partial charge on any atom is 0.244 e. The third kappa shape index (κ3) is 6.88. The van der Waals surface area contributed by atoms with E-state index in [1.165, 1.54) is 11.0 Å². The Bertz CT molecular complexity index is 1140. The van der Waals surface area contributed by atoms with Crippen molar-refractivity contribution in [1.82, 2.24) is 10.2 Å². The van der Waals surface area contributed by atoms with Gasteiger partial charge in [0.05, 0.1) is 11.9 Å². The van der Waals surface area contributed by atoms with Crippen LogP contribution in [0.2, 0.25) is 0 Å². The highest BCUT2D eigenvalue weighted by atomic mass is 32.2. The molecule has 3 rings (SSSR count). The number of hydrogen-bond donors (Lipinski definition) is 1. The number of nitrogens with zero attached hydrogens (tertiary/aromatic N) is 2. The first-order chi connectivity index (χ1) is 16.6. The molecule has 2 amide bonds. The fraction of sp³-hybridized carbons (Fsp3) is 0.440. The fourth-order valence-corrected chi connectivity index (χ4v) is 4.53. The van der Waals surface area contributed by atoms with Crippen molar-refractivity contribution in [2.45, 2.75) is 45.7 Å². The molecule has 0 radical (unpaired) electrons. The first kappa shape index (κ1) is 26.3. The molecule has 0 spiro atoms. The Hall–Kier alpha value is -3.27. The summed E-state index contributed by atoms with van der Waals surface area (Å²) in [7, 11) is -3.81. The molecule has 2 atom stereocenters. The van der Waals surface area contributed by atoms with Gasteiger partial charge in [-0.15, -0.1) is 0 Å². The molecule has 0 saturated carbocycles. The van der Waals surface area contributed by atoms with Crippen LogP contribution in [-0.2, 0) is 26.0 Å². The monoisotopic (exact) mass is 503 g/mol. The highest BCUT2D eigenvalue weighted by molar-refractivity contribution is 7.92. The minimum absolute atomic E-state index is 0.0443. The van der Waals surface area contributed by atoms with Gasteiger partial charge in [0.1, 0.15) is 12.6 Å². The Balaban J connectivity index is 1.85. The summed E-state index contributed by atoms with van der Waals surface area (Å²) in [5.74, 6) is 0.157. The molecule has 1 aliphatic rings. The zero-order valence-electron chi connectivity index (χ0n) is 20.6. The van der Waals surface area contributed by atoms with Gasteiger partial charge >= 0.3 is 0 Å². The van der Waals surface area contributed by atoms with Gasteiger partial charge in [-0.2, -0.15) is 0 Å². The van der Waals surface area contributed by atoms with Crippen LogP contribution in [0, 0.1) is 0 Å². The van der Waals surface area contributed by atoms with Crippen LogP contribution in [0.1, 0.15) is 32.8 Å². The quantitative estimate of drug-likeness (QED) is 0.505. The van der Waals surface area contributed by atoms with E-state index in [0.29, 0.717) is 17.9 Å². The molecule has 1 aliphatic heterocycles. The van der Waals surface area contributed by atoms with Gasteiger partial charge in [0, 0.05) is 18.7 Å². The van der Waals surface area contributed by atoms with Crippen molar-refractivity contribution >= 4 is 27.5 Å². The maximum atomic E-state index is 13.5. The van der Waals surface area contributed by atoms with E-state index in [-0.39, 0.29) is 31.0 Å². The number of hydrogen-bond acceptors (Lipinski definition) is 6. The van der Waals surface area contributed by atoms with E-state index in [1.54, 1.807) is 19.1 Å². The lowest BCUT2D eigenvalue weighted by Crippen LogP contribution is -2.53. The van der Waals surface area contributed by atoms with Gasteiger partial charge in [-0.1, -0.05) is 37.3 Å². The van der Waals surface area contributed by atoms with Gasteiger partial charge in [-0.3, -0.25) is 13.9 Å². The molecule has 2 aromatic carbocycles. The predicted octanol–water partition coefficient (Wildman–Crippen LogP) is 2.56. The Morgan fingerprint density at radius 1 is 1.06 bits per heavy atom. The molecule has 190 valence electrons. The largest absolute Gasteiger partial charge is 0.454 e. The van der Waals surface area contributed by atoms with Gasteiger partial charge in [-0.05, 0) is 44.4 Å². The summed E-state index contributed by atoms with van der Waals surface area (Å²) in [4.78, 5) is 27.8. The summed E-state index contributed by atoms with van der Waals surface area (Å²) in [6, 6.07) is 13.5. The van der Waals surface area contributed by atoms with E-state index in [2.05, 4.69) is 5.32 Å². The normalized spacial score (nSPS) is 14.2. The summed E-state index contributed by atoms with van der Waals surface area (Å²) >= 11 is 0. The molecule has 10 heteroatoms. The summed E-state index contributed by atoms with van der Waals surface area (Å²) in [5, 5.41) is 2.91. The SMILES string of the molecule is CC[C@H](C)NC(=O)[C@H](C)N(CCc1ccccc1)C(=O)CN(c1ccc2c(c1)OCO2)S(C)(=O)=O. The summed E-state index contributed by atoms with van der Waals surface area (Å²) in [5.41, 5.74) is 1.29. The van der Waals surface area contributed by atoms with Crippen molar-refractivity contribution < 1.29 is 27.5 Å². The third-order valence-electron chi connectivity index (χ3n) is 5.98. The second-order valence-electron chi connectivity index (χ2n) is 8.62. The topological polar surface area (TPSA) is 105 Å². The van der Waals surface area contributed by atoms with Crippen molar-refractivity contribution in [3.05, 3.63) is 54.1 Å². The van der Waals surface area contributed by atoms with Gasteiger partial charge in [0.15, 0.2) is 11.5 Å². The van der Waals surface area contributed by atoms with Gasteiger partial charge in [-0.25, -0.2) is 8.42 Å². The average Bonchev–Trinajstić information content (AvgIpc) is 3.30. The highest BCUT2D eigenvalue weighted by Crippen LogP contribution is 2.36. The number of anilines is 1. The van der Waals surface area contributed by atoms with Crippen LogP contribution in [0.5, 0.6) is 11.5 Å². The van der Waals surface area contributed by atoms with Crippen molar-refractivity contribution in [2.75, 3.05) is 30.4 Å². The standard InChI is InChI=1S/C25H33N3O6S/c1-5-18(2)26-25(30)19(3)27(14-13-20-9-7-6-8-10-20)24(29)16-28(35(4,31)32)21-11-12-22-23(15-21)34-17-33-22/h6-12,15,18-19H,5,13-14,16-17H2,1-4H3,(H,26,30)/t18-,19-/m0/s1. The number of sulfonamides is 1. The second kappa shape index (κ2) is 11.4. The Kier molecular flexibility index (Phi) is 8.61. The predicted molar refractivity (Wildman–Crippen MR) is 134 cm³/mol. The van der Waals surface area contributed by atoms with E-state index in [9.17, 15) is 18.0 Å². The molecular weight excluding hydrogens is 470 g/mol. The van der Waals surface area contributed by atoms with Crippen LogP contribution in [0.3, 0.4) is 0 Å². The molecule has 1 heterocycles. The molecule has 0 bridgehead atoms. The number of rotatable bonds is 11. The Labute approximate surface area is 207 Å². The lowest BCUT2D eigenvalue weighted by molar-refractivity contribution is -0.139. The van der Waals surface area contributed by atoms with Gasteiger partial charge < -0.3 is 19.7 Å². The van der Waals surface area contributed by atoms with Crippen LogP contribution in [-0.4, -0.2) is 63.4 Å². The van der Waals surface area contributed by atoms with E-state index in [4.69, 9.17) is 9.47 Å². The number of benzene rings is 2. The van der Waals surface area contributed by atoms with E-state index in [0.717, 1.165) is 22.5 Å². The summed E-state index contributed by atoms with van der Waals surface area (Å²) in [6.07, 6.45) is 2.32. The first-order valence-electron chi connectivity index (χ1n) is 11.6. The second-order valence-corrected chi connectivity index (χ2v) is 10.5. The van der Waals surface area contributed by atoms with Crippen molar-refractivity contribution in [2.24, 2.45) is 0 Å². The number of fused-ring (bicyclic) bond motifs is 1. The van der Waals surface area contributed by atoms with Crippen molar-refractivity contribution in [3.8, 4) is 11.5 Å². The minimum Gasteiger partial charge on any atom is -0.454 e. The maximum absolute atomic E-state index is 13.5. The molecule has 35 heavy (non-hydrogen) atoms.